The first-order valence-corrected chi connectivity index (χ1v) is 15.7. The maximum absolute atomic E-state index is 15.1. The molecule has 0 heterocycles. The van der Waals surface area contributed by atoms with Crippen molar-refractivity contribution >= 4 is 21.7 Å². The predicted molar refractivity (Wildman–Crippen MR) is 150 cm³/mol. The minimum absolute atomic E-state index is 0.0752. The van der Waals surface area contributed by atoms with Crippen LogP contribution in [0.25, 0.3) is 0 Å². The lowest BCUT2D eigenvalue weighted by Gasteiger charge is -2.44. The van der Waals surface area contributed by atoms with Crippen LogP contribution in [0, 0.1) is 11.7 Å². The highest BCUT2D eigenvalue weighted by Gasteiger charge is 2.74. The molecular weight excluding hydrogens is 650 g/mol. The van der Waals surface area contributed by atoms with E-state index in [0.717, 1.165) is 30.3 Å². The van der Waals surface area contributed by atoms with Gasteiger partial charge in [0, 0.05) is 39.8 Å². The minimum atomic E-state index is -6.37. The van der Waals surface area contributed by atoms with E-state index in [1.165, 1.54) is 42.9 Å². The molecule has 2 aromatic carbocycles. The molecule has 1 saturated carbocycles. The number of fused-ring (bicyclic) bond motifs is 3. The summed E-state index contributed by atoms with van der Waals surface area (Å²) >= 11 is 0. The molecule has 3 atom stereocenters. The van der Waals surface area contributed by atoms with E-state index in [1.54, 1.807) is 0 Å². The van der Waals surface area contributed by atoms with Crippen molar-refractivity contribution in [2.75, 3.05) is 41.3 Å². The lowest BCUT2D eigenvalue weighted by atomic mass is 9.73. The van der Waals surface area contributed by atoms with Crippen molar-refractivity contribution < 1.29 is 53.1 Å². The van der Waals surface area contributed by atoms with Crippen LogP contribution in [0.1, 0.15) is 36.0 Å². The number of benzene rings is 2. The summed E-state index contributed by atoms with van der Waals surface area (Å²) < 4.78 is 138. The number of hydrogen-bond acceptors (Lipinski definition) is 5. The summed E-state index contributed by atoms with van der Waals surface area (Å²) in [5.41, 5.74) is -7.77. The Hall–Kier alpha value is -3.27. The predicted octanol–water partition coefficient (Wildman–Crippen LogP) is 4.99. The average molecular weight is 684 g/mol. The van der Waals surface area contributed by atoms with Crippen LogP contribution >= 0.6 is 0 Å². The molecule has 2 aliphatic rings. The molecule has 0 N–H and O–H groups in total. The number of nitrogens with zero attached hydrogens (tertiary/aromatic N) is 3. The van der Waals surface area contributed by atoms with Crippen LogP contribution in [0.5, 0.6) is 0 Å². The Bertz CT molecular complexity index is 1560. The van der Waals surface area contributed by atoms with E-state index >= 15 is 4.39 Å². The molecule has 1 fully saturated rings. The van der Waals surface area contributed by atoms with Gasteiger partial charge in [0.25, 0.3) is 0 Å². The number of amides is 2. The summed E-state index contributed by atoms with van der Waals surface area (Å²) in [7, 11) is 1.40. The number of hydrogen-bond donors (Lipinski definition) is 0. The van der Waals surface area contributed by atoms with Gasteiger partial charge >= 0.3 is 18.0 Å². The lowest BCUT2D eigenvalue weighted by Crippen LogP contribution is -2.53. The highest BCUT2D eigenvalue weighted by molar-refractivity contribution is 7.92. The van der Waals surface area contributed by atoms with Gasteiger partial charge in [0.15, 0.2) is 9.84 Å². The summed E-state index contributed by atoms with van der Waals surface area (Å²) in [5, 5.41) is 0. The Balaban J connectivity index is 1.94. The van der Waals surface area contributed by atoms with Gasteiger partial charge in [-0.05, 0) is 67.0 Å². The number of rotatable bonds is 8. The second-order valence-corrected chi connectivity index (χ2v) is 14.3. The molecule has 0 aromatic heterocycles. The SMILES string of the molecule is CN(C)C(=O)CN(CC(=O)N(C)C)[C@@H]1CC[C@@]2(S(=O)(=O)c3ccc(F)cc3)c3ccc(C(F)(C(F)(F)F)C(F)(F)F)cc3CC[C@@H]12. The molecule has 46 heavy (non-hydrogen) atoms. The topological polar surface area (TPSA) is 78.0 Å². The second kappa shape index (κ2) is 12.1. The minimum Gasteiger partial charge on any atom is -0.348 e. The molecule has 0 saturated heterocycles. The Morgan fingerprint density at radius 2 is 1.35 bits per heavy atom. The molecule has 2 aliphatic carbocycles. The van der Waals surface area contributed by atoms with Gasteiger partial charge in [-0.2, -0.15) is 26.3 Å². The molecule has 0 spiro atoms. The third-order valence-corrected chi connectivity index (χ3v) is 11.7. The van der Waals surface area contributed by atoms with Crippen molar-refractivity contribution in [2.45, 2.75) is 59.4 Å². The molecule has 4 rings (SSSR count). The smallest absolute Gasteiger partial charge is 0.348 e. The standard InChI is InChI=1S/C30H33F8N3O4S/c1-39(2)25(42)16-41(17-26(43)40(3)4)24-13-14-27(46(44,45)21-9-7-20(31)8-10-21)22-12-6-19(15-18(22)5-11-23(24)27)28(32,29(33,34)35)30(36,37)38/h6-10,12,15,23-24H,5,11,13-14,16-17H2,1-4H3/t23-,24+,27+/m0/s1. The average Bonchev–Trinajstić information content (AvgIpc) is 3.36. The summed E-state index contributed by atoms with van der Waals surface area (Å²) in [6.07, 6.45) is -13.2. The van der Waals surface area contributed by atoms with Gasteiger partial charge in [0.05, 0.1) is 18.0 Å². The first-order chi connectivity index (χ1) is 21.1. The van der Waals surface area contributed by atoms with Crippen LogP contribution in [0.15, 0.2) is 47.4 Å². The quantitative estimate of drug-likeness (QED) is 0.290. The Labute approximate surface area is 261 Å². The van der Waals surface area contributed by atoms with Gasteiger partial charge in [-0.25, -0.2) is 17.2 Å². The molecule has 16 heteroatoms. The van der Waals surface area contributed by atoms with Gasteiger partial charge in [-0.1, -0.05) is 18.2 Å². The van der Waals surface area contributed by atoms with Crippen molar-refractivity contribution in [3.05, 3.63) is 65.0 Å². The largest absolute Gasteiger partial charge is 0.435 e. The van der Waals surface area contributed by atoms with Gasteiger partial charge in [0.1, 0.15) is 10.6 Å². The first kappa shape index (κ1) is 35.6. The first-order valence-electron chi connectivity index (χ1n) is 14.2. The molecular formula is C30H33F8N3O4S. The normalized spacial score (nSPS) is 21.9. The molecule has 0 unspecified atom stereocenters. The van der Waals surface area contributed by atoms with Crippen LogP contribution in [0.4, 0.5) is 35.1 Å². The second-order valence-electron chi connectivity index (χ2n) is 12.1. The molecule has 254 valence electrons. The Morgan fingerprint density at radius 3 is 1.83 bits per heavy atom. The maximum Gasteiger partial charge on any atom is 0.435 e. The monoisotopic (exact) mass is 683 g/mol. The highest BCUT2D eigenvalue weighted by atomic mass is 32.2. The van der Waals surface area contributed by atoms with Gasteiger partial charge < -0.3 is 9.80 Å². The van der Waals surface area contributed by atoms with Gasteiger partial charge in [-0.15, -0.1) is 0 Å². The number of sulfone groups is 1. The van der Waals surface area contributed by atoms with Crippen LogP contribution < -0.4 is 0 Å². The van der Waals surface area contributed by atoms with Crippen LogP contribution in [0.2, 0.25) is 0 Å². The van der Waals surface area contributed by atoms with Crippen molar-refractivity contribution in [3.8, 4) is 0 Å². The maximum atomic E-state index is 15.1. The number of alkyl halides is 7. The molecule has 0 aliphatic heterocycles. The summed E-state index contributed by atoms with van der Waals surface area (Å²) in [6.45, 7) is -0.568. The van der Waals surface area contributed by atoms with Gasteiger partial charge in [0.2, 0.25) is 11.8 Å². The van der Waals surface area contributed by atoms with E-state index in [9.17, 15) is 48.7 Å². The Kier molecular flexibility index (Phi) is 9.34. The zero-order valence-electron chi connectivity index (χ0n) is 25.3. The fraction of sp³-hybridized carbons (Fsp3) is 0.533. The zero-order valence-corrected chi connectivity index (χ0v) is 26.2. The summed E-state index contributed by atoms with van der Waals surface area (Å²) in [6, 6.07) is 4.60. The fourth-order valence-corrected chi connectivity index (χ4v) is 9.17. The van der Waals surface area contributed by atoms with Crippen molar-refractivity contribution in [2.24, 2.45) is 5.92 Å². The summed E-state index contributed by atoms with van der Waals surface area (Å²) in [5.74, 6) is -2.46. The molecule has 7 nitrogen and oxygen atoms in total. The molecule has 0 bridgehead atoms. The number of carbonyl (C=O) groups excluding carboxylic acids is 2. The van der Waals surface area contributed by atoms with Crippen LogP contribution in [-0.2, 0) is 36.3 Å². The van der Waals surface area contributed by atoms with Crippen molar-refractivity contribution in [1.82, 2.24) is 14.7 Å². The molecule has 0 radical (unpaired) electrons. The van der Waals surface area contributed by atoms with Crippen molar-refractivity contribution in [1.29, 1.82) is 0 Å². The number of likely N-dealkylation sites (N-methyl/N-ethyl adjacent to an activating group) is 2. The van der Waals surface area contributed by atoms with E-state index in [1.807, 2.05) is 0 Å². The molecule has 2 amide bonds. The highest BCUT2D eigenvalue weighted by Crippen LogP contribution is 2.59. The van der Waals surface area contributed by atoms with Crippen molar-refractivity contribution in [3.63, 3.8) is 0 Å². The van der Waals surface area contributed by atoms with E-state index in [2.05, 4.69) is 0 Å². The lowest BCUT2D eigenvalue weighted by molar-refractivity contribution is -0.348. The van der Waals surface area contributed by atoms with Gasteiger partial charge in [-0.3, -0.25) is 14.5 Å². The fourth-order valence-electron chi connectivity index (χ4n) is 6.71. The number of halogens is 8. The Morgan fingerprint density at radius 1 is 0.826 bits per heavy atom. The molecule has 2 aromatic rings. The summed E-state index contributed by atoms with van der Waals surface area (Å²) in [4.78, 5) is 29.4. The number of carbonyl (C=O) groups is 2. The number of aryl methyl sites for hydroxylation is 1. The van der Waals surface area contributed by atoms with E-state index in [-0.39, 0.29) is 54.8 Å². The van der Waals surface area contributed by atoms with E-state index in [4.69, 9.17) is 0 Å². The van der Waals surface area contributed by atoms with E-state index < -0.39 is 67.8 Å². The van der Waals surface area contributed by atoms with Crippen LogP contribution in [0.3, 0.4) is 0 Å². The van der Waals surface area contributed by atoms with Crippen LogP contribution in [-0.4, -0.2) is 94.6 Å². The third kappa shape index (κ3) is 5.75. The third-order valence-electron chi connectivity index (χ3n) is 9.09. The van der Waals surface area contributed by atoms with E-state index in [0.29, 0.717) is 12.1 Å². The zero-order chi connectivity index (χ0) is 34.6.